The number of hydrogen-bond donors (Lipinski definition) is 2. The number of nitrogens with two attached hydrogens (primary N) is 1. The summed E-state index contributed by atoms with van der Waals surface area (Å²) in [4.78, 5) is 0. The summed E-state index contributed by atoms with van der Waals surface area (Å²) >= 11 is 3.03. The second kappa shape index (κ2) is 5.89. The van der Waals surface area contributed by atoms with E-state index in [4.69, 9.17) is 5.73 Å². The molecule has 1 fully saturated rings. The minimum Gasteiger partial charge on any atom is -0.506 e. The molecular formula is C12H14BrClF3NO. The lowest BCUT2D eigenvalue weighted by molar-refractivity contribution is -0.138. The lowest BCUT2D eigenvalue weighted by atomic mass is 9.76. The zero-order chi connectivity index (χ0) is 13.5. The third-order valence-corrected chi connectivity index (χ3v) is 4.10. The lowest BCUT2D eigenvalue weighted by Crippen LogP contribution is -2.29. The van der Waals surface area contributed by atoms with Gasteiger partial charge in [-0.1, -0.05) is 6.42 Å². The predicted molar refractivity (Wildman–Crippen MR) is 72.3 cm³/mol. The molecule has 0 amide bonds. The standard InChI is InChI=1S/C12H13BrF3NO.ClH/c13-8-5-4-7(12(14,15)16)9(11(8)18)10(17)6-2-1-3-6;/h4-6,10,18H,1-3,17H2;1H/t10-;/m1./s1. The van der Waals surface area contributed by atoms with Gasteiger partial charge in [0, 0.05) is 11.6 Å². The molecule has 1 atom stereocenters. The minimum atomic E-state index is -4.51. The summed E-state index contributed by atoms with van der Waals surface area (Å²) in [5.74, 6) is -0.379. The van der Waals surface area contributed by atoms with Crippen LogP contribution in [0.3, 0.4) is 0 Å². The van der Waals surface area contributed by atoms with Crippen LogP contribution in [0.25, 0.3) is 0 Å². The van der Waals surface area contributed by atoms with E-state index in [1.807, 2.05) is 0 Å². The Labute approximate surface area is 123 Å². The Morgan fingerprint density at radius 1 is 1.32 bits per heavy atom. The highest BCUT2D eigenvalue weighted by molar-refractivity contribution is 9.10. The maximum Gasteiger partial charge on any atom is 0.416 e. The summed E-state index contributed by atoms with van der Waals surface area (Å²) in [6, 6.07) is 1.38. The highest BCUT2D eigenvalue weighted by atomic mass is 79.9. The van der Waals surface area contributed by atoms with Crippen LogP contribution < -0.4 is 5.73 Å². The van der Waals surface area contributed by atoms with Crippen molar-refractivity contribution in [3.63, 3.8) is 0 Å². The third kappa shape index (κ3) is 3.17. The molecule has 1 aromatic rings. The molecule has 1 aromatic carbocycles. The number of aromatic hydroxyl groups is 1. The fraction of sp³-hybridized carbons (Fsp3) is 0.500. The van der Waals surface area contributed by atoms with Crippen molar-refractivity contribution in [2.24, 2.45) is 11.7 Å². The van der Waals surface area contributed by atoms with Crippen molar-refractivity contribution in [1.82, 2.24) is 0 Å². The molecule has 0 spiro atoms. The van der Waals surface area contributed by atoms with E-state index in [2.05, 4.69) is 15.9 Å². The number of halogens is 5. The molecule has 0 unspecified atom stereocenters. The number of benzene rings is 1. The quantitative estimate of drug-likeness (QED) is 0.821. The maximum absolute atomic E-state index is 12.9. The molecule has 1 saturated carbocycles. The zero-order valence-corrected chi connectivity index (χ0v) is 12.3. The molecule has 0 heterocycles. The molecule has 3 N–H and O–H groups in total. The Morgan fingerprint density at radius 2 is 1.89 bits per heavy atom. The van der Waals surface area contributed by atoms with Crippen LogP contribution in [0.4, 0.5) is 13.2 Å². The first-order chi connectivity index (χ1) is 8.32. The number of phenolic OH excluding ortho intramolecular Hbond substituents is 1. The van der Waals surface area contributed by atoms with Gasteiger partial charge in [-0.05, 0) is 46.8 Å². The molecule has 1 aliphatic carbocycles. The summed E-state index contributed by atoms with van der Waals surface area (Å²) in [6.07, 6.45) is -1.90. The van der Waals surface area contributed by atoms with Gasteiger partial charge in [-0.15, -0.1) is 12.4 Å². The van der Waals surface area contributed by atoms with E-state index >= 15 is 0 Å². The van der Waals surface area contributed by atoms with Gasteiger partial charge in [0.2, 0.25) is 0 Å². The molecule has 108 valence electrons. The largest absolute Gasteiger partial charge is 0.506 e. The molecule has 2 rings (SSSR count). The van der Waals surface area contributed by atoms with Crippen LogP contribution in [-0.4, -0.2) is 5.11 Å². The normalized spacial score (nSPS) is 17.5. The Bertz CT molecular complexity index is 463. The van der Waals surface area contributed by atoms with E-state index in [9.17, 15) is 18.3 Å². The van der Waals surface area contributed by atoms with E-state index in [0.29, 0.717) is 0 Å². The smallest absolute Gasteiger partial charge is 0.416 e. The van der Waals surface area contributed by atoms with E-state index in [1.165, 1.54) is 6.07 Å². The summed E-state index contributed by atoms with van der Waals surface area (Å²) in [7, 11) is 0. The fourth-order valence-electron chi connectivity index (χ4n) is 2.20. The van der Waals surface area contributed by atoms with Crippen LogP contribution in [0.2, 0.25) is 0 Å². The van der Waals surface area contributed by atoms with Crippen molar-refractivity contribution in [2.45, 2.75) is 31.5 Å². The van der Waals surface area contributed by atoms with E-state index in [-0.39, 0.29) is 28.4 Å². The van der Waals surface area contributed by atoms with E-state index < -0.39 is 23.5 Å². The summed E-state index contributed by atoms with van der Waals surface area (Å²) < 4.78 is 39.0. The average Bonchev–Trinajstić information content (AvgIpc) is 2.17. The number of alkyl halides is 3. The van der Waals surface area contributed by atoms with Gasteiger partial charge >= 0.3 is 6.18 Å². The molecule has 7 heteroatoms. The molecule has 0 bridgehead atoms. The summed E-state index contributed by atoms with van der Waals surface area (Å²) in [5.41, 5.74) is 4.85. The van der Waals surface area contributed by atoms with Gasteiger partial charge in [0.1, 0.15) is 5.75 Å². The Kier molecular flexibility index (Phi) is 5.15. The topological polar surface area (TPSA) is 46.2 Å². The van der Waals surface area contributed by atoms with Crippen LogP contribution in [0.5, 0.6) is 5.75 Å². The third-order valence-electron chi connectivity index (χ3n) is 3.46. The van der Waals surface area contributed by atoms with E-state index in [0.717, 1.165) is 25.3 Å². The van der Waals surface area contributed by atoms with Gasteiger partial charge in [-0.25, -0.2) is 0 Å². The van der Waals surface area contributed by atoms with Gasteiger partial charge in [-0.3, -0.25) is 0 Å². The average molecular weight is 361 g/mol. The Hall–Kier alpha value is -0.460. The highest BCUT2D eigenvalue weighted by Crippen LogP contribution is 2.46. The first kappa shape index (κ1) is 16.6. The fourth-order valence-corrected chi connectivity index (χ4v) is 2.55. The SMILES string of the molecule is Cl.N[C@@H](c1c(C(F)(F)F)ccc(Br)c1O)C1CCC1. The molecule has 19 heavy (non-hydrogen) atoms. The first-order valence-corrected chi connectivity index (χ1v) is 6.46. The van der Waals surface area contributed by atoms with Gasteiger partial charge in [0.15, 0.2) is 0 Å². The molecule has 0 aliphatic heterocycles. The summed E-state index contributed by atoms with van der Waals surface area (Å²) in [6.45, 7) is 0. The van der Waals surface area contributed by atoms with Crippen molar-refractivity contribution in [1.29, 1.82) is 0 Å². The first-order valence-electron chi connectivity index (χ1n) is 5.66. The molecule has 0 saturated heterocycles. The van der Waals surface area contributed by atoms with Crippen LogP contribution in [0.15, 0.2) is 16.6 Å². The van der Waals surface area contributed by atoms with Gasteiger partial charge < -0.3 is 10.8 Å². The number of rotatable bonds is 2. The highest BCUT2D eigenvalue weighted by Gasteiger charge is 2.39. The maximum atomic E-state index is 12.9. The van der Waals surface area contributed by atoms with Gasteiger partial charge in [0.05, 0.1) is 10.0 Å². The number of hydrogen-bond acceptors (Lipinski definition) is 2. The van der Waals surface area contributed by atoms with Crippen LogP contribution in [0.1, 0.15) is 36.4 Å². The van der Waals surface area contributed by atoms with Crippen molar-refractivity contribution in [3.8, 4) is 5.75 Å². The van der Waals surface area contributed by atoms with Gasteiger partial charge in [-0.2, -0.15) is 13.2 Å². The molecule has 0 aromatic heterocycles. The lowest BCUT2D eigenvalue weighted by Gasteiger charge is -2.33. The van der Waals surface area contributed by atoms with Crippen LogP contribution in [0, 0.1) is 5.92 Å². The predicted octanol–water partition coefficient (Wildman–Crippen LogP) is 4.40. The second-order valence-corrected chi connectivity index (χ2v) is 5.43. The minimum absolute atomic E-state index is 0. The van der Waals surface area contributed by atoms with Crippen LogP contribution >= 0.6 is 28.3 Å². The van der Waals surface area contributed by atoms with Gasteiger partial charge in [0.25, 0.3) is 0 Å². The molecule has 0 radical (unpaired) electrons. The van der Waals surface area contributed by atoms with Crippen molar-refractivity contribution >= 4 is 28.3 Å². The molecule has 2 nitrogen and oxygen atoms in total. The summed E-state index contributed by atoms with van der Waals surface area (Å²) in [5, 5.41) is 9.85. The van der Waals surface area contributed by atoms with Crippen LogP contribution in [-0.2, 0) is 6.18 Å². The zero-order valence-electron chi connectivity index (χ0n) is 9.88. The molecule has 1 aliphatic rings. The van der Waals surface area contributed by atoms with Crippen molar-refractivity contribution in [3.05, 3.63) is 27.7 Å². The Morgan fingerprint density at radius 3 is 2.32 bits per heavy atom. The van der Waals surface area contributed by atoms with Crippen molar-refractivity contribution < 1.29 is 18.3 Å². The Balaban J connectivity index is 0.00000180. The second-order valence-electron chi connectivity index (χ2n) is 4.57. The monoisotopic (exact) mass is 359 g/mol. The van der Waals surface area contributed by atoms with Crippen molar-refractivity contribution in [2.75, 3.05) is 0 Å². The molecular weight excluding hydrogens is 346 g/mol. The number of phenols is 1. The van der Waals surface area contributed by atoms with E-state index in [1.54, 1.807) is 0 Å².